The van der Waals surface area contributed by atoms with E-state index in [1.807, 2.05) is 14.0 Å². The van der Waals surface area contributed by atoms with Crippen LogP contribution in [0.5, 0.6) is 0 Å². The summed E-state index contributed by atoms with van der Waals surface area (Å²) in [4.78, 5) is 0. The molecular weight excluding hydrogens is 166 g/mol. The van der Waals surface area contributed by atoms with Crippen molar-refractivity contribution in [2.24, 2.45) is 0 Å². The van der Waals surface area contributed by atoms with Gasteiger partial charge in [0.1, 0.15) is 0 Å². The zero-order chi connectivity index (χ0) is 7.40. The van der Waals surface area contributed by atoms with Gasteiger partial charge in [0.15, 0.2) is 0 Å². The van der Waals surface area contributed by atoms with E-state index in [4.69, 9.17) is 4.42 Å². The Balaban J connectivity index is 0.000001000. The highest BCUT2D eigenvalue weighted by atomic mass is 35.5. The van der Waals surface area contributed by atoms with Gasteiger partial charge < -0.3 is 9.73 Å². The van der Waals surface area contributed by atoms with Crippen molar-refractivity contribution in [1.29, 1.82) is 0 Å². The normalized spacial score (nSPS) is 9.27. The highest BCUT2D eigenvalue weighted by Gasteiger charge is 2.00. The highest BCUT2D eigenvalue weighted by molar-refractivity contribution is 5.85. The number of nitrogens with zero attached hydrogens (tertiary/aromatic N) is 2. The second-order valence-corrected chi connectivity index (χ2v) is 1.97. The first-order valence-corrected chi connectivity index (χ1v) is 3.32. The zero-order valence-corrected chi connectivity index (χ0v) is 7.44. The third-order valence-corrected chi connectivity index (χ3v) is 1.14. The van der Waals surface area contributed by atoms with Gasteiger partial charge in [-0.05, 0) is 7.05 Å². The Morgan fingerprint density at radius 3 is 2.45 bits per heavy atom. The molecule has 0 aliphatic heterocycles. The number of aryl methyl sites for hydroxylation is 1. The van der Waals surface area contributed by atoms with Gasteiger partial charge in [0.2, 0.25) is 11.8 Å². The van der Waals surface area contributed by atoms with Gasteiger partial charge in [-0.2, -0.15) is 0 Å². The first kappa shape index (κ1) is 10.4. The van der Waals surface area contributed by atoms with E-state index in [1.54, 1.807) is 0 Å². The van der Waals surface area contributed by atoms with E-state index in [0.717, 1.165) is 6.42 Å². The predicted molar refractivity (Wildman–Crippen MR) is 43.7 cm³/mol. The minimum Gasteiger partial charge on any atom is -0.424 e. The third-order valence-electron chi connectivity index (χ3n) is 1.14. The molecule has 0 bridgehead atoms. The van der Waals surface area contributed by atoms with Gasteiger partial charge in [-0.1, -0.05) is 6.92 Å². The minimum atomic E-state index is 0. The van der Waals surface area contributed by atoms with Gasteiger partial charge in [-0.3, -0.25) is 0 Å². The van der Waals surface area contributed by atoms with Gasteiger partial charge in [0.25, 0.3) is 0 Å². The van der Waals surface area contributed by atoms with E-state index in [9.17, 15) is 0 Å². The fourth-order valence-electron chi connectivity index (χ4n) is 0.654. The maximum atomic E-state index is 5.19. The summed E-state index contributed by atoms with van der Waals surface area (Å²) in [6.45, 7) is 2.63. The fourth-order valence-corrected chi connectivity index (χ4v) is 0.654. The zero-order valence-electron chi connectivity index (χ0n) is 6.63. The summed E-state index contributed by atoms with van der Waals surface area (Å²) < 4.78 is 5.19. The molecular formula is C6H12ClN3O. The molecule has 0 spiro atoms. The molecule has 1 aromatic heterocycles. The van der Waals surface area contributed by atoms with Crippen LogP contribution < -0.4 is 5.32 Å². The van der Waals surface area contributed by atoms with Gasteiger partial charge >= 0.3 is 0 Å². The summed E-state index contributed by atoms with van der Waals surface area (Å²) in [7, 11) is 1.84. The second kappa shape index (κ2) is 5.09. The van der Waals surface area contributed by atoms with Crippen molar-refractivity contribution >= 4 is 12.4 Å². The lowest BCUT2D eigenvalue weighted by Crippen LogP contribution is -2.04. The van der Waals surface area contributed by atoms with Crippen molar-refractivity contribution in [3.05, 3.63) is 11.8 Å². The molecule has 0 atom stereocenters. The van der Waals surface area contributed by atoms with Crippen molar-refractivity contribution in [1.82, 2.24) is 15.5 Å². The molecule has 0 unspecified atom stereocenters. The molecule has 0 amide bonds. The van der Waals surface area contributed by atoms with Crippen molar-refractivity contribution in [3.63, 3.8) is 0 Å². The monoisotopic (exact) mass is 177 g/mol. The largest absolute Gasteiger partial charge is 0.424 e. The number of aromatic nitrogens is 2. The van der Waals surface area contributed by atoms with E-state index < -0.39 is 0 Å². The maximum Gasteiger partial charge on any atom is 0.230 e. The van der Waals surface area contributed by atoms with E-state index in [0.29, 0.717) is 18.3 Å². The fraction of sp³-hybridized carbons (Fsp3) is 0.667. The van der Waals surface area contributed by atoms with Crippen LogP contribution in [0.3, 0.4) is 0 Å². The molecule has 1 rings (SSSR count). The lowest BCUT2D eigenvalue weighted by Gasteiger charge is -1.87. The minimum absolute atomic E-state index is 0. The molecule has 0 aliphatic rings. The Hall–Kier alpha value is -0.610. The number of hydrogen-bond acceptors (Lipinski definition) is 4. The Morgan fingerprint density at radius 1 is 1.36 bits per heavy atom. The van der Waals surface area contributed by atoms with Gasteiger partial charge in [0, 0.05) is 6.42 Å². The predicted octanol–water partition coefficient (Wildman–Crippen LogP) is 0.773. The molecule has 1 heterocycles. The lowest BCUT2D eigenvalue weighted by molar-refractivity contribution is 0.443. The molecule has 0 saturated carbocycles. The molecule has 0 aliphatic carbocycles. The molecule has 0 radical (unpaired) electrons. The summed E-state index contributed by atoms with van der Waals surface area (Å²) in [6, 6.07) is 0. The van der Waals surface area contributed by atoms with Crippen LogP contribution in [0.1, 0.15) is 18.7 Å². The van der Waals surface area contributed by atoms with Crippen molar-refractivity contribution < 1.29 is 4.42 Å². The maximum absolute atomic E-state index is 5.19. The smallest absolute Gasteiger partial charge is 0.230 e. The first-order chi connectivity index (χ1) is 4.86. The Kier molecular flexibility index (Phi) is 4.81. The Labute approximate surface area is 71.8 Å². The summed E-state index contributed by atoms with van der Waals surface area (Å²) >= 11 is 0. The van der Waals surface area contributed by atoms with Crippen LogP contribution in [0.2, 0.25) is 0 Å². The number of hydrogen-bond donors (Lipinski definition) is 1. The molecule has 0 saturated heterocycles. The summed E-state index contributed by atoms with van der Waals surface area (Å²) in [5.74, 6) is 1.35. The van der Waals surface area contributed by atoms with Gasteiger partial charge in [-0.25, -0.2) is 0 Å². The van der Waals surface area contributed by atoms with E-state index in [2.05, 4.69) is 15.5 Å². The molecule has 1 N–H and O–H groups in total. The van der Waals surface area contributed by atoms with E-state index >= 15 is 0 Å². The van der Waals surface area contributed by atoms with Crippen LogP contribution in [0, 0.1) is 0 Å². The van der Waals surface area contributed by atoms with Crippen LogP contribution >= 0.6 is 12.4 Å². The van der Waals surface area contributed by atoms with E-state index in [1.165, 1.54) is 0 Å². The number of rotatable bonds is 3. The first-order valence-electron chi connectivity index (χ1n) is 3.32. The topological polar surface area (TPSA) is 51.0 Å². The molecule has 11 heavy (non-hydrogen) atoms. The highest BCUT2D eigenvalue weighted by Crippen LogP contribution is 1.98. The number of nitrogens with one attached hydrogen (secondary N) is 1. The standard InChI is InChI=1S/C6H11N3O.ClH/c1-3-5-8-9-6(10-5)4-7-2;/h7H,3-4H2,1-2H3;1H. The van der Waals surface area contributed by atoms with Crippen molar-refractivity contribution in [3.8, 4) is 0 Å². The van der Waals surface area contributed by atoms with Crippen molar-refractivity contribution in [2.45, 2.75) is 19.9 Å². The molecule has 1 aromatic rings. The van der Waals surface area contributed by atoms with Crippen LogP contribution in [0.15, 0.2) is 4.42 Å². The van der Waals surface area contributed by atoms with Gasteiger partial charge in [0.05, 0.1) is 6.54 Å². The Morgan fingerprint density at radius 2 is 2.00 bits per heavy atom. The summed E-state index contributed by atoms with van der Waals surface area (Å²) in [5.41, 5.74) is 0. The molecule has 0 aromatic carbocycles. The third kappa shape index (κ3) is 2.86. The molecule has 64 valence electrons. The summed E-state index contributed by atoms with van der Waals surface area (Å²) in [6.07, 6.45) is 0.802. The second-order valence-electron chi connectivity index (χ2n) is 1.97. The van der Waals surface area contributed by atoms with Crippen LogP contribution in [0.25, 0.3) is 0 Å². The number of halogens is 1. The molecule has 4 nitrogen and oxygen atoms in total. The summed E-state index contributed by atoms with van der Waals surface area (Å²) in [5, 5.41) is 10.5. The average Bonchev–Trinajstić information content (AvgIpc) is 2.37. The average molecular weight is 178 g/mol. The van der Waals surface area contributed by atoms with Crippen molar-refractivity contribution in [2.75, 3.05) is 7.05 Å². The van der Waals surface area contributed by atoms with Crippen LogP contribution in [-0.2, 0) is 13.0 Å². The van der Waals surface area contributed by atoms with Crippen LogP contribution in [-0.4, -0.2) is 17.2 Å². The Bertz CT molecular complexity index is 201. The van der Waals surface area contributed by atoms with E-state index in [-0.39, 0.29) is 12.4 Å². The molecule has 0 fully saturated rings. The van der Waals surface area contributed by atoms with Crippen LogP contribution in [0.4, 0.5) is 0 Å². The molecule has 5 heteroatoms. The van der Waals surface area contributed by atoms with Gasteiger partial charge in [-0.15, -0.1) is 22.6 Å². The quantitative estimate of drug-likeness (QED) is 0.741. The SMILES string of the molecule is CCc1nnc(CNC)o1.Cl. The lowest BCUT2D eigenvalue weighted by atomic mass is 10.5.